The zero-order valence-electron chi connectivity index (χ0n) is 14.7. The van der Waals surface area contributed by atoms with E-state index in [1.54, 1.807) is 0 Å². The Morgan fingerprint density at radius 3 is 2.59 bits per heavy atom. The largest absolute Gasteiger partial charge is 0.456 e. The second kappa shape index (κ2) is 6.82. The monoisotopic (exact) mass is 385 g/mol. The lowest BCUT2D eigenvalue weighted by Gasteiger charge is -2.32. The second-order valence-electron chi connectivity index (χ2n) is 6.62. The maximum absolute atomic E-state index is 13.5. The number of rotatable bonds is 3. The van der Waals surface area contributed by atoms with Crippen molar-refractivity contribution in [1.82, 2.24) is 0 Å². The number of anilines is 1. The molecule has 1 amide bonds. The molecule has 2 aromatic rings. The smallest absolute Gasteiger partial charge is 0.336 e. The first kappa shape index (κ1) is 17.7. The summed E-state index contributed by atoms with van der Waals surface area (Å²) in [5, 5.41) is -0.0787. The standard InChI is InChI=1S/C21H17ClFNO3/c1-2-12-3-5-13(6-4-12)15-10-19(25)24(18-11-27-21(26)20(15)18)14-7-8-17(23)16(22)9-14/h3-9,15H,2,10-11H2,1H3. The Labute approximate surface area is 161 Å². The van der Waals surface area contributed by atoms with Crippen molar-refractivity contribution >= 4 is 29.2 Å². The van der Waals surface area contributed by atoms with Gasteiger partial charge in [0.15, 0.2) is 0 Å². The van der Waals surface area contributed by atoms with E-state index in [0.717, 1.165) is 12.0 Å². The van der Waals surface area contributed by atoms with Crippen molar-refractivity contribution < 1.29 is 18.7 Å². The molecule has 0 bridgehead atoms. The van der Waals surface area contributed by atoms with E-state index in [9.17, 15) is 14.0 Å². The van der Waals surface area contributed by atoms with Crippen molar-refractivity contribution in [3.8, 4) is 0 Å². The number of hydrogen-bond donors (Lipinski definition) is 0. The first-order chi connectivity index (χ1) is 13.0. The summed E-state index contributed by atoms with van der Waals surface area (Å²) in [4.78, 5) is 26.8. The zero-order valence-corrected chi connectivity index (χ0v) is 15.4. The number of amides is 1. The minimum atomic E-state index is -0.563. The Morgan fingerprint density at radius 1 is 1.19 bits per heavy atom. The van der Waals surface area contributed by atoms with Gasteiger partial charge in [0.1, 0.15) is 12.4 Å². The normalized spacial score (nSPS) is 19.4. The minimum absolute atomic E-state index is 0.0123. The number of esters is 1. The average Bonchev–Trinajstić information content (AvgIpc) is 3.05. The Kier molecular flexibility index (Phi) is 4.48. The SMILES string of the molecule is CCc1ccc(C2CC(=O)N(c3ccc(F)c(Cl)c3)C3=C2C(=O)OC3)cc1. The highest BCUT2D eigenvalue weighted by Crippen LogP contribution is 2.42. The van der Waals surface area contributed by atoms with Crippen LogP contribution < -0.4 is 4.90 Å². The number of nitrogens with zero attached hydrogens (tertiary/aromatic N) is 1. The molecule has 0 fully saturated rings. The molecule has 0 spiro atoms. The van der Waals surface area contributed by atoms with Crippen molar-refractivity contribution in [3.05, 3.63) is 75.7 Å². The molecule has 2 heterocycles. The van der Waals surface area contributed by atoms with Gasteiger partial charge < -0.3 is 4.74 Å². The number of cyclic esters (lactones) is 1. The topological polar surface area (TPSA) is 46.6 Å². The van der Waals surface area contributed by atoms with Gasteiger partial charge >= 0.3 is 5.97 Å². The lowest BCUT2D eigenvalue weighted by atomic mass is 9.83. The van der Waals surface area contributed by atoms with Crippen LogP contribution in [0.5, 0.6) is 0 Å². The van der Waals surface area contributed by atoms with Gasteiger partial charge in [0, 0.05) is 12.3 Å². The number of hydrogen-bond acceptors (Lipinski definition) is 3. The van der Waals surface area contributed by atoms with Crippen LogP contribution in [0, 0.1) is 5.82 Å². The van der Waals surface area contributed by atoms with Crippen molar-refractivity contribution in [3.63, 3.8) is 0 Å². The molecule has 0 saturated carbocycles. The van der Waals surface area contributed by atoms with Crippen LogP contribution in [-0.4, -0.2) is 18.5 Å². The molecule has 0 saturated heterocycles. The molecule has 4 rings (SSSR count). The molecule has 0 aliphatic carbocycles. The first-order valence-corrected chi connectivity index (χ1v) is 9.14. The summed E-state index contributed by atoms with van der Waals surface area (Å²) in [6.07, 6.45) is 1.05. The van der Waals surface area contributed by atoms with E-state index in [2.05, 4.69) is 6.92 Å². The maximum atomic E-state index is 13.5. The lowest BCUT2D eigenvalue weighted by molar-refractivity contribution is -0.136. The van der Waals surface area contributed by atoms with Gasteiger partial charge in [-0.15, -0.1) is 0 Å². The third-order valence-corrected chi connectivity index (χ3v) is 5.36. The van der Waals surface area contributed by atoms with Crippen LogP contribution in [0.25, 0.3) is 0 Å². The Balaban J connectivity index is 1.79. The van der Waals surface area contributed by atoms with Gasteiger partial charge in [-0.25, -0.2) is 9.18 Å². The van der Waals surface area contributed by atoms with E-state index in [1.807, 2.05) is 24.3 Å². The predicted molar refractivity (Wildman–Crippen MR) is 100 cm³/mol. The average molecular weight is 386 g/mol. The summed E-state index contributed by atoms with van der Waals surface area (Å²) in [6.45, 7) is 2.08. The summed E-state index contributed by atoms with van der Waals surface area (Å²) < 4.78 is 18.7. The van der Waals surface area contributed by atoms with Gasteiger partial charge in [0.25, 0.3) is 0 Å². The highest BCUT2D eigenvalue weighted by Gasteiger charge is 2.43. The zero-order chi connectivity index (χ0) is 19.1. The Hall–Kier alpha value is -2.66. The van der Waals surface area contributed by atoms with E-state index in [0.29, 0.717) is 17.0 Å². The van der Waals surface area contributed by atoms with Crippen LogP contribution in [0.1, 0.15) is 30.4 Å². The molecule has 0 aromatic heterocycles. The van der Waals surface area contributed by atoms with E-state index < -0.39 is 11.8 Å². The molecular formula is C21H17ClFNO3. The van der Waals surface area contributed by atoms with Crippen LogP contribution in [0.4, 0.5) is 10.1 Å². The molecule has 138 valence electrons. The summed E-state index contributed by atoms with van der Waals surface area (Å²) >= 11 is 5.88. The van der Waals surface area contributed by atoms with Gasteiger partial charge in [0.2, 0.25) is 5.91 Å². The molecule has 4 nitrogen and oxygen atoms in total. The van der Waals surface area contributed by atoms with Crippen LogP contribution in [0.15, 0.2) is 53.7 Å². The molecule has 6 heteroatoms. The van der Waals surface area contributed by atoms with Gasteiger partial charge in [0.05, 0.1) is 22.0 Å². The summed E-state index contributed by atoms with van der Waals surface area (Å²) in [5.41, 5.74) is 3.51. The number of ether oxygens (including phenoxy) is 1. The molecule has 2 aliphatic heterocycles. The molecule has 0 radical (unpaired) electrons. The third kappa shape index (κ3) is 3.02. The number of aryl methyl sites for hydroxylation is 1. The van der Waals surface area contributed by atoms with E-state index in [4.69, 9.17) is 16.3 Å². The van der Waals surface area contributed by atoms with Gasteiger partial charge in [-0.3, -0.25) is 9.69 Å². The molecular weight excluding hydrogens is 369 g/mol. The highest BCUT2D eigenvalue weighted by molar-refractivity contribution is 6.31. The summed E-state index contributed by atoms with van der Waals surface area (Å²) in [7, 11) is 0. The maximum Gasteiger partial charge on any atom is 0.336 e. The Bertz CT molecular complexity index is 968. The van der Waals surface area contributed by atoms with Crippen molar-refractivity contribution in [2.24, 2.45) is 0 Å². The van der Waals surface area contributed by atoms with Gasteiger partial charge in [-0.1, -0.05) is 42.8 Å². The number of halogens is 2. The Morgan fingerprint density at radius 2 is 1.93 bits per heavy atom. The predicted octanol–water partition coefficient (Wildman–Crippen LogP) is 4.37. The molecule has 27 heavy (non-hydrogen) atoms. The van der Waals surface area contributed by atoms with E-state index in [1.165, 1.54) is 28.7 Å². The van der Waals surface area contributed by atoms with Gasteiger partial charge in [-0.2, -0.15) is 0 Å². The van der Waals surface area contributed by atoms with Crippen molar-refractivity contribution in [2.75, 3.05) is 11.5 Å². The fourth-order valence-electron chi connectivity index (χ4n) is 3.65. The molecule has 1 unspecified atom stereocenters. The van der Waals surface area contributed by atoms with Crippen molar-refractivity contribution in [1.29, 1.82) is 0 Å². The number of carbonyl (C=O) groups is 2. The van der Waals surface area contributed by atoms with Crippen LogP contribution in [-0.2, 0) is 20.7 Å². The van der Waals surface area contributed by atoms with E-state index in [-0.39, 0.29) is 29.9 Å². The molecule has 2 aliphatic rings. The molecule has 2 aromatic carbocycles. The fraction of sp³-hybridized carbons (Fsp3) is 0.238. The minimum Gasteiger partial charge on any atom is -0.456 e. The summed E-state index contributed by atoms with van der Waals surface area (Å²) in [5.74, 6) is -1.51. The van der Waals surface area contributed by atoms with Crippen LogP contribution in [0.2, 0.25) is 5.02 Å². The van der Waals surface area contributed by atoms with Gasteiger partial charge in [-0.05, 0) is 35.7 Å². The molecule has 0 N–H and O–H groups in total. The molecule has 1 atom stereocenters. The second-order valence-corrected chi connectivity index (χ2v) is 7.02. The quantitative estimate of drug-likeness (QED) is 0.737. The number of benzene rings is 2. The third-order valence-electron chi connectivity index (χ3n) is 5.07. The van der Waals surface area contributed by atoms with Crippen LogP contribution in [0.3, 0.4) is 0 Å². The van der Waals surface area contributed by atoms with E-state index >= 15 is 0 Å². The number of carbonyl (C=O) groups excluding carboxylic acids is 2. The lowest BCUT2D eigenvalue weighted by Crippen LogP contribution is -2.37. The summed E-state index contributed by atoms with van der Waals surface area (Å²) in [6, 6.07) is 12.0. The van der Waals surface area contributed by atoms with Crippen LogP contribution >= 0.6 is 11.6 Å². The highest BCUT2D eigenvalue weighted by atomic mass is 35.5. The first-order valence-electron chi connectivity index (χ1n) is 8.76. The fourth-order valence-corrected chi connectivity index (χ4v) is 3.82. The van der Waals surface area contributed by atoms with Crippen molar-refractivity contribution in [2.45, 2.75) is 25.7 Å².